The molecule has 65 heavy (non-hydrogen) atoms. The summed E-state index contributed by atoms with van der Waals surface area (Å²) in [6, 6.07) is 0. The Hall–Kier alpha value is -3.93. The van der Waals surface area contributed by atoms with Crippen molar-refractivity contribution in [3.63, 3.8) is 0 Å². The van der Waals surface area contributed by atoms with Crippen LogP contribution in [0.3, 0.4) is 0 Å². The zero-order valence-corrected chi connectivity index (χ0v) is 42.0. The van der Waals surface area contributed by atoms with E-state index in [-0.39, 0.29) is 44.0 Å². The summed E-state index contributed by atoms with van der Waals surface area (Å²) in [6.07, 6.45) is 70.8. The quantitative estimate of drug-likeness (QED) is 0.0262. The molecule has 0 unspecified atom stereocenters. The Kier molecular flexibility index (Phi) is 49.5. The van der Waals surface area contributed by atoms with Gasteiger partial charge < -0.3 is 14.2 Å². The molecule has 0 heterocycles. The van der Waals surface area contributed by atoms with Crippen LogP contribution in [-0.2, 0) is 28.6 Å². The largest absolute Gasteiger partial charge is 0.462 e. The van der Waals surface area contributed by atoms with E-state index in [1.165, 1.54) is 70.6 Å². The van der Waals surface area contributed by atoms with E-state index in [0.717, 1.165) is 103 Å². The number of carbonyl (C=O) groups excluding carboxylic acids is 3. The van der Waals surface area contributed by atoms with Crippen molar-refractivity contribution in [2.45, 2.75) is 232 Å². The van der Waals surface area contributed by atoms with Crippen molar-refractivity contribution in [3.05, 3.63) is 109 Å². The average molecular weight is 901 g/mol. The molecule has 0 aromatic heterocycles. The Balaban J connectivity index is 4.57. The Morgan fingerprint density at radius 3 is 1.06 bits per heavy atom. The Morgan fingerprint density at radius 1 is 0.323 bits per heavy atom. The molecule has 0 aliphatic heterocycles. The standard InChI is InChI=1S/C59H96O6/c1-4-7-10-13-16-19-22-25-28-29-32-34-37-40-43-46-49-52-58(61)64-55-56(65-59(62)53-50-47-44-41-38-35-31-27-24-21-18-15-12-9-6-3)54-63-57(60)51-48-45-42-39-36-33-30-26-23-20-17-14-11-8-5-2/h9,12,17-18,20-21,25-28,30-32,34,38,40-41,43,56H,4-8,10-11,13-16,19,22-24,29,33,35-37,39,42,44-55H2,1-3H3/b12-9-,20-17-,21-18-,28-25-,30-26-,31-27-,34-32-,41-38-,43-40-/t56-/m1/s1. The van der Waals surface area contributed by atoms with E-state index >= 15 is 0 Å². The molecule has 0 rings (SSSR count). The van der Waals surface area contributed by atoms with Crippen LogP contribution in [-0.4, -0.2) is 37.2 Å². The Morgan fingerprint density at radius 2 is 0.615 bits per heavy atom. The number of ether oxygens (including phenoxy) is 3. The third-order valence-electron chi connectivity index (χ3n) is 10.7. The fourth-order valence-corrected chi connectivity index (χ4v) is 6.77. The van der Waals surface area contributed by atoms with Gasteiger partial charge in [0.2, 0.25) is 0 Å². The van der Waals surface area contributed by atoms with Crippen LogP contribution in [0.2, 0.25) is 0 Å². The summed E-state index contributed by atoms with van der Waals surface area (Å²) < 4.78 is 16.7. The highest BCUT2D eigenvalue weighted by atomic mass is 16.6. The first-order chi connectivity index (χ1) is 32.0. The van der Waals surface area contributed by atoms with E-state index in [4.69, 9.17) is 14.2 Å². The first kappa shape index (κ1) is 61.1. The van der Waals surface area contributed by atoms with Gasteiger partial charge in [-0.1, -0.05) is 194 Å². The molecule has 6 nitrogen and oxygen atoms in total. The first-order valence-corrected chi connectivity index (χ1v) is 26.4. The minimum absolute atomic E-state index is 0.120. The number of rotatable bonds is 46. The Bertz CT molecular complexity index is 1360. The molecule has 0 bridgehead atoms. The maximum absolute atomic E-state index is 12.8. The van der Waals surface area contributed by atoms with Gasteiger partial charge in [-0.25, -0.2) is 0 Å². The van der Waals surface area contributed by atoms with Gasteiger partial charge in [-0.3, -0.25) is 14.4 Å². The molecule has 0 fully saturated rings. The van der Waals surface area contributed by atoms with E-state index in [2.05, 4.69) is 130 Å². The molecule has 0 amide bonds. The summed E-state index contributed by atoms with van der Waals surface area (Å²) in [5.41, 5.74) is 0. The lowest BCUT2D eigenvalue weighted by Gasteiger charge is -2.18. The lowest BCUT2D eigenvalue weighted by molar-refractivity contribution is -0.167. The second-order valence-electron chi connectivity index (χ2n) is 17.0. The highest BCUT2D eigenvalue weighted by molar-refractivity contribution is 5.71. The van der Waals surface area contributed by atoms with Crippen molar-refractivity contribution in [1.82, 2.24) is 0 Å². The molecule has 0 radical (unpaired) electrons. The van der Waals surface area contributed by atoms with Crippen LogP contribution in [0, 0.1) is 0 Å². The lowest BCUT2D eigenvalue weighted by Crippen LogP contribution is -2.30. The Labute approximate surface area is 400 Å². The van der Waals surface area contributed by atoms with Gasteiger partial charge in [-0.2, -0.15) is 0 Å². The van der Waals surface area contributed by atoms with Crippen LogP contribution in [0.5, 0.6) is 0 Å². The van der Waals surface area contributed by atoms with Crippen molar-refractivity contribution in [3.8, 4) is 0 Å². The summed E-state index contributed by atoms with van der Waals surface area (Å²) in [5, 5.41) is 0. The molecule has 0 aliphatic carbocycles. The zero-order chi connectivity index (χ0) is 47.2. The average Bonchev–Trinajstić information content (AvgIpc) is 3.30. The number of unbranched alkanes of at least 4 members (excludes halogenated alkanes) is 17. The van der Waals surface area contributed by atoms with Crippen molar-refractivity contribution in [2.75, 3.05) is 13.2 Å². The molecule has 1 atom stereocenters. The minimum Gasteiger partial charge on any atom is -0.462 e. The predicted molar refractivity (Wildman–Crippen MR) is 279 cm³/mol. The topological polar surface area (TPSA) is 78.9 Å². The molecule has 0 spiro atoms. The predicted octanol–water partition coefficient (Wildman–Crippen LogP) is 17.5. The van der Waals surface area contributed by atoms with E-state index in [1.54, 1.807) is 0 Å². The number of allylic oxidation sites excluding steroid dienone is 18. The minimum atomic E-state index is -0.827. The molecule has 368 valence electrons. The summed E-state index contributed by atoms with van der Waals surface area (Å²) in [5.74, 6) is -1.03. The van der Waals surface area contributed by atoms with Gasteiger partial charge in [0, 0.05) is 19.3 Å². The normalized spacial score (nSPS) is 13.0. The summed E-state index contributed by atoms with van der Waals surface area (Å²) >= 11 is 0. The van der Waals surface area contributed by atoms with Gasteiger partial charge in [-0.05, 0) is 122 Å². The van der Waals surface area contributed by atoms with Gasteiger partial charge in [0.15, 0.2) is 6.10 Å². The molecule has 0 N–H and O–H groups in total. The monoisotopic (exact) mass is 901 g/mol. The summed E-state index contributed by atoms with van der Waals surface area (Å²) in [7, 11) is 0. The maximum atomic E-state index is 12.8. The molecule has 0 saturated heterocycles. The van der Waals surface area contributed by atoms with Gasteiger partial charge in [0.25, 0.3) is 0 Å². The van der Waals surface area contributed by atoms with Crippen LogP contribution in [0.15, 0.2) is 109 Å². The highest BCUT2D eigenvalue weighted by Crippen LogP contribution is 2.12. The van der Waals surface area contributed by atoms with Gasteiger partial charge >= 0.3 is 17.9 Å². The molecular formula is C59H96O6. The number of esters is 3. The lowest BCUT2D eigenvalue weighted by atomic mass is 10.1. The molecule has 0 aromatic carbocycles. The fourth-order valence-electron chi connectivity index (χ4n) is 6.77. The third kappa shape index (κ3) is 50.9. The van der Waals surface area contributed by atoms with Crippen molar-refractivity contribution in [1.29, 1.82) is 0 Å². The number of carbonyl (C=O) groups is 3. The van der Waals surface area contributed by atoms with Crippen molar-refractivity contribution in [2.24, 2.45) is 0 Å². The van der Waals surface area contributed by atoms with Gasteiger partial charge in [0.05, 0.1) is 0 Å². The van der Waals surface area contributed by atoms with Crippen LogP contribution in [0.25, 0.3) is 0 Å². The number of hydrogen-bond acceptors (Lipinski definition) is 6. The van der Waals surface area contributed by atoms with E-state index in [0.29, 0.717) is 19.3 Å². The maximum Gasteiger partial charge on any atom is 0.306 e. The first-order valence-electron chi connectivity index (χ1n) is 26.4. The SMILES string of the molecule is CC/C=C\C/C=C\C/C=C\C/C=C\CCCCC(=O)O[C@@H](COC(=O)CCC/C=C\C/C=C\C/C=C\CCCCCCCC)COC(=O)CCCCCCC/C=C\C/C=C\CCCCC. The molecule has 0 aliphatic rings. The van der Waals surface area contributed by atoms with Crippen LogP contribution < -0.4 is 0 Å². The van der Waals surface area contributed by atoms with Crippen LogP contribution in [0.4, 0.5) is 0 Å². The molecule has 6 heteroatoms. The molecular weight excluding hydrogens is 805 g/mol. The molecule has 0 saturated carbocycles. The summed E-state index contributed by atoms with van der Waals surface area (Å²) in [6.45, 7) is 6.39. The van der Waals surface area contributed by atoms with Gasteiger partial charge in [0.1, 0.15) is 13.2 Å². The molecule has 0 aromatic rings. The zero-order valence-electron chi connectivity index (χ0n) is 42.0. The summed E-state index contributed by atoms with van der Waals surface area (Å²) in [4.78, 5) is 38.0. The van der Waals surface area contributed by atoms with E-state index < -0.39 is 6.10 Å². The highest BCUT2D eigenvalue weighted by Gasteiger charge is 2.19. The smallest absolute Gasteiger partial charge is 0.306 e. The van der Waals surface area contributed by atoms with E-state index in [9.17, 15) is 14.4 Å². The van der Waals surface area contributed by atoms with Crippen LogP contribution >= 0.6 is 0 Å². The number of hydrogen-bond donors (Lipinski definition) is 0. The second-order valence-corrected chi connectivity index (χ2v) is 17.0. The van der Waals surface area contributed by atoms with E-state index in [1.807, 2.05) is 0 Å². The third-order valence-corrected chi connectivity index (χ3v) is 10.7. The van der Waals surface area contributed by atoms with Crippen LogP contribution in [0.1, 0.15) is 226 Å². The van der Waals surface area contributed by atoms with Crippen molar-refractivity contribution >= 4 is 17.9 Å². The fraction of sp³-hybridized carbons (Fsp3) is 0.644. The van der Waals surface area contributed by atoms with Gasteiger partial charge in [-0.15, -0.1) is 0 Å². The van der Waals surface area contributed by atoms with Crippen molar-refractivity contribution < 1.29 is 28.6 Å². The second kappa shape index (κ2) is 52.7.